The molecule has 1 aliphatic rings. The maximum absolute atomic E-state index is 13.7. The quantitative estimate of drug-likeness (QED) is 0.544. The first-order valence-corrected chi connectivity index (χ1v) is 10.3. The van der Waals surface area contributed by atoms with Gasteiger partial charge in [0.1, 0.15) is 22.9 Å². The molecule has 3 aromatic rings. The molecule has 4 rings (SSSR count). The Morgan fingerprint density at radius 3 is 1.91 bits per heavy atom. The third-order valence-corrected chi connectivity index (χ3v) is 5.40. The molecule has 0 saturated heterocycles. The molecule has 168 valence electrons. The second kappa shape index (κ2) is 9.08. The molecule has 0 unspecified atom stereocenters. The number of nitrogens with one attached hydrogen (secondary N) is 1. The van der Waals surface area contributed by atoms with Crippen molar-refractivity contribution >= 4 is 28.8 Å². The lowest BCUT2D eigenvalue weighted by Crippen LogP contribution is -2.32. The number of hydrogen-bond donors (Lipinski definition) is 1. The lowest BCUT2D eigenvalue weighted by atomic mass is 10.0. The van der Waals surface area contributed by atoms with E-state index in [1.54, 1.807) is 74.9 Å². The monoisotopic (exact) mass is 444 g/mol. The van der Waals surface area contributed by atoms with E-state index in [1.165, 1.54) is 7.11 Å². The number of hydrogen-bond acceptors (Lipinski definition) is 6. The molecular weight excluding hydrogens is 420 g/mol. The molecule has 1 aliphatic heterocycles. The minimum atomic E-state index is -0.467. The fourth-order valence-electron chi connectivity index (χ4n) is 3.68. The molecule has 2 amide bonds. The number of amides is 2. The number of imide groups is 1. The highest BCUT2D eigenvalue weighted by atomic mass is 16.5. The first-order valence-electron chi connectivity index (χ1n) is 10.3. The molecule has 0 radical (unpaired) electrons. The van der Waals surface area contributed by atoms with Crippen molar-refractivity contribution in [1.82, 2.24) is 0 Å². The van der Waals surface area contributed by atoms with Crippen molar-refractivity contribution in [2.75, 3.05) is 31.5 Å². The van der Waals surface area contributed by atoms with Crippen molar-refractivity contribution in [2.45, 2.75) is 6.92 Å². The van der Waals surface area contributed by atoms with Crippen molar-refractivity contribution in [1.29, 1.82) is 0 Å². The Labute approximate surface area is 192 Å². The number of carbonyl (C=O) groups excluding carboxylic acids is 2. The Balaban J connectivity index is 1.82. The molecule has 0 fully saturated rings. The van der Waals surface area contributed by atoms with Gasteiger partial charge in [-0.1, -0.05) is 18.2 Å². The standard InChI is InChI=1S/C26H24N2O5/c1-16-5-14-22(33-4)21(15-16)28-25(29)23(17-6-10-19(31-2)11-7-17)24(26(28)30)27-18-8-12-20(32-3)13-9-18/h5-15,27H,1-4H3. The van der Waals surface area contributed by atoms with Crippen LogP contribution in [0.2, 0.25) is 0 Å². The predicted octanol–water partition coefficient (Wildman–Crippen LogP) is 4.42. The van der Waals surface area contributed by atoms with E-state index in [0.717, 1.165) is 10.5 Å². The van der Waals surface area contributed by atoms with Gasteiger partial charge >= 0.3 is 0 Å². The van der Waals surface area contributed by atoms with Crippen LogP contribution in [0.3, 0.4) is 0 Å². The minimum absolute atomic E-state index is 0.180. The molecular formula is C26H24N2O5. The third kappa shape index (κ3) is 4.13. The number of rotatable bonds is 7. The fraction of sp³-hybridized carbons (Fsp3) is 0.154. The number of anilines is 2. The maximum Gasteiger partial charge on any atom is 0.282 e. The van der Waals surface area contributed by atoms with Gasteiger partial charge in [-0.3, -0.25) is 9.59 Å². The molecule has 0 aliphatic carbocycles. The molecule has 0 aromatic heterocycles. The molecule has 7 nitrogen and oxygen atoms in total. The van der Waals surface area contributed by atoms with Crippen LogP contribution in [0.25, 0.3) is 5.57 Å². The largest absolute Gasteiger partial charge is 0.497 e. The predicted molar refractivity (Wildman–Crippen MR) is 127 cm³/mol. The van der Waals surface area contributed by atoms with E-state index in [1.807, 2.05) is 13.0 Å². The average Bonchev–Trinajstić information content (AvgIpc) is 3.08. The van der Waals surface area contributed by atoms with Crippen LogP contribution in [0.15, 0.2) is 72.4 Å². The number of aryl methyl sites for hydroxylation is 1. The van der Waals surface area contributed by atoms with E-state index in [0.29, 0.717) is 34.2 Å². The number of benzene rings is 3. The van der Waals surface area contributed by atoms with Crippen LogP contribution in [0.5, 0.6) is 17.2 Å². The van der Waals surface area contributed by atoms with Gasteiger partial charge < -0.3 is 19.5 Å². The van der Waals surface area contributed by atoms with Gasteiger partial charge in [0.05, 0.1) is 32.6 Å². The summed E-state index contributed by atoms with van der Waals surface area (Å²) < 4.78 is 15.9. The number of ether oxygens (including phenoxy) is 3. The van der Waals surface area contributed by atoms with Crippen LogP contribution in [-0.2, 0) is 9.59 Å². The Bertz CT molecular complexity index is 1230. The van der Waals surface area contributed by atoms with Crippen molar-refractivity contribution in [3.8, 4) is 17.2 Å². The van der Waals surface area contributed by atoms with Crippen molar-refractivity contribution in [3.05, 3.63) is 83.6 Å². The summed E-state index contributed by atoms with van der Waals surface area (Å²) in [5.74, 6) is 0.862. The van der Waals surface area contributed by atoms with E-state index >= 15 is 0 Å². The Morgan fingerprint density at radius 1 is 0.727 bits per heavy atom. The summed E-state index contributed by atoms with van der Waals surface area (Å²) in [7, 11) is 4.66. The number of nitrogens with zero attached hydrogens (tertiary/aromatic N) is 1. The first-order chi connectivity index (χ1) is 16.0. The second-order valence-electron chi connectivity index (χ2n) is 7.45. The SMILES string of the molecule is COc1ccc(NC2=C(c3ccc(OC)cc3)C(=O)N(c3cc(C)ccc3OC)C2=O)cc1. The highest BCUT2D eigenvalue weighted by Gasteiger charge is 2.41. The van der Waals surface area contributed by atoms with Gasteiger partial charge in [0, 0.05) is 5.69 Å². The van der Waals surface area contributed by atoms with E-state index in [9.17, 15) is 9.59 Å². The van der Waals surface area contributed by atoms with Crippen molar-refractivity contribution in [2.24, 2.45) is 0 Å². The number of carbonyl (C=O) groups is 2. The van der Waals surface area contributed by atoms with E-state index in [2.05, 4.69) is 5.32 Å². The molecule has 0 bridgehead atoms. The molecule has 7 heteroatoms. The Morgan fingerprint density at radius 2 is 1.33 bits per heavy atom. The van der Waals surface area contributed by atoms with Gasteiger partial charge in [0.25, 0.3) is 11.8 Å². The zero-order valence-corrected chi connectivity index (χ0v) is 18.8. The lowest BCUT2D eigenvalue weighted by Gasteiger charge is -2.19. The van der Waals surface area contributed by atoms with Gasteiger partial charge in [-0.15, -0.1) is 0 Å². The summed E-state index contributed by atoms with van der Waals surface area (Å²) in [6.07, 6.45) is 0. The fourth-order valence-corrected chi connectivity index (χ4v) is 3.68. The van der Waals surface area contributed by atoms with Crippen LogP contribution >= 0.6 is 0 Å². The third-order valence-electron chi connectivity index (χ3n) is 5.40. The van der Waals surface area contributed by atoms with Crippen LogP contribution in [0, 0.1) is 6.92 Å². The summed E-state index contributed by atoms with van der Waals surface area (Å²) in [5.41, 5.74) is 2.98. The van der Waals surface area contributed by atoms with Gasteiger partial charge in [0.15, 0.2) is 0 Å². The highest BCUT2D eigenvalue weighted by Crippen LogP contribution is 2.38. The van der Waals surface area contributed by atoms with Crippen LogP contribution in [0.4, 0.5) is 11.4 Å². The second-order valence-corrected chi connectivity index (χ2v) is 7.45. The molecule has 33 heavy (non-hydrogen) atoms. The summed E-state index contributed by atoms with van der Waals surface area (Å²) in [6.45, 7) is 1.89. The van der Waals surface area contributed by atoms with Crippen molar-refractivity contribution < 1.29 is 23.8 Å². The Kier molecular flexibility index (Phi) is 6.04. The van der Waals surface area contributed by atoms with Gasteiger partial charge in [-0.05, 0) is 66.6 Å². The number of methoxy groups -OCH3 is 3. The van der Waals surface area contributed by atoms with Gasteiger partial charge in [0.2, 0.25) is 0 Å². The summed E-state index contributed by atoms with van der Waals surface area (Å²) in [6, 6.07) is 19.5. The normalized spacial score (nSPS) is 13.4. The molecule has 1 N–H and O–H groups in total. The molecule has 0 atom stereocenters. The van der Waals surface area contributed by atoms with Crippen LogP contribution in [0.1, 0.15) is 11.1 Å². The molecule has 3 aromatic carbocycles. The smallest absolute Gasteiger partial charge is 0.282 e. The van der Waals surface area contributed by atoms with E-state index in [-0.39, 0.29) is 11.3 Å². The average molecular weight is 444 g/mol. The summed E-state index contributed by atoms with van der Waals surface area (Å²) in [5, 5.41) is 3.14. The molecule has 0 saturated carbocycles. The molecule has 0 spiro atoms. The van der Waals surface area contributed by atoms with Gasteiger partial charge in [-0.2, -0.15) is 0 Å². The van der Waals surface area contributed by atoms with E-state index in [4.69, 9.17) is 14.2 Å². The first kappa shape index (κ1) is 22.0. The summed E-state index contributed by atoms with van der Waals surface area (Å²) >= 11 is 0. The highest BCUT2D eigenvalue weighted by molar-refractivity contribution is 6.46. The minimum Gasteiger partial charge on any atom is -0.497 e. The molecule has 1 heterocycles. The van der Waals surface area contributed by atoms with Crippen molar-refractivity contribution in [3.63, 3.8) is 0 Å². The zero-order valence-electron chi connectivity index (χ0n) is 18.8. The topological polar surface area (TPSA) is 77.1 Å². The summed E-state index contributed by atoms with van der Waals surface area (Å²) in [4.78, 5) is 28.4. The lowest BCUT2D eigenvalue weighted by molar-refractivity contribution is -0.120. The zero-order chi connectivity index (χ0) is 23.5. The Hall–Kier alpha value is -4.26. The van der Waals surface area contributed by atoms with E-state index < -0.39 is 11.8 Å². The van der Waals surface area contributed by atoms with Crippen LogP contribution in [-0.4, -0.2) is 33.1 Å². The van der Waals surface area contributed by atoms with Gasteiger partial charge in [-0.25, -0.2) is 4.90 Å². The van der Waals surface area contributed by atoms with Crippen LogP contribution < -0.4 is 24.4 Å². The maximum atomic E-state index is 13.7.